The van der Waals surface area contributed by atoms with E-state index in [-0.39, 0.29) is 18.4 Å². The lowest BCUT2D eigenvalue weighted by atomic mass is 9.89. The van der Waals surface area contributed by atoms with Crippen molar-refractivity contribution in [3.8, 4) is 5.69 Å². The summed E-state index contributed by atoms with van der Waals surface area (Å²) in [5.74, 6) is 1.76. The number of tetrazole rings is 1. The summed E-state index contributed by atoms with van der Waals surface area (Å²) >= 11 is 0. The van der Waals surface area contributed by atoms with Gasteiger partial charge in [-0.3, -0.25) is 4.90 Å². The number of hydrogen-bond acceptors (Lipinski definition) is 5. The van der Waals surface area contributed by atoms with Gasteiger partial charge in [0.15, 0.2) is 5.82 Å². The molecule has 2 aromatic carbocycles. The van der Waals surface area contributed by atoms with Gasteiger partial charge < -0.3 is 5.73 Å². The Morgan fingerprint density at radius 1 is 1.04 bits per heavy atom. The maximum absolute atomic E-state index is 6.09. The number of aromatic nitrogens is 4. The second-order valence-electron chi connectivity index (χ2n) is 6.93. The maximum Gasteiger partial charge on any atom is 0.173 e. The molecule has 0 spiro atoms. The summed E-state index contributed by atoms with van der Waals surface area (Å²) in [6, 6.07) is 20.8. The summed E-state index contributed by atoms with van der Waals surface area (Å²) in [6.45, 7) is 4.78. The highest BCUT2D eigenvalue weighted by Crippen LogP contribution is 2.36. The molecule has 2 heterocycles. The molecule has 3 aromatic rings. The van der Waals surface area contributed by atoms with Crippen LogP contribution in [0, 0.1) is 5.92 Å². The van der Waals surface area contributed by atoms with Crippen molar-refractivity contribution in [2.45, 2.75) is 18.9 Å². The van der Waals surface area contributed by atoms with E-state index in [0.29, 0.717) is 18.4 Å². The van der Waals surface area contributed by atoms with E-state index in [1.807, 2.05) is 35.0 Å². The van der Waals surface area contributed by atoms with Gasteiger partial charge in [-0.25, -0.2) is 0 Å². The van der Waals surface area contributed by atoms with Gasteiger partial charge in [-0.1, -0.05) is 48.5 Å². The average Bonchev–Trinajstić information content (AvgIpc) is 3.36. The first kappa shape index (κ1) is 19.5. The molecule has 1 aromatic heterocycles. The first-order chi connectivity index (χ1) is 12.8. The van der Waals surface area contributed by atoms with Crippen molar-refractivity contribution in [2.75, 3.05) is 19.6 Å². The van der Waals surface area contributed by atoms with Crippen LogP contribution in [0.1, 0.15) is 30.3 Å². The minimum Gasteiger partial charge on any atom is -0.330 e. The first-order valence-corrected chi connectivity index (χ1v) is 9.10. The molecule has 0 radical (unpaired) electrons. The quantitative estimate of drug-likeness (QED) is 0.732. The molecule has 6 nitrogen and oxygen atoms in total. The molecule has 142 valence electrons. The van der Waals surface area contributed by atoms with Crippen LogP contribution < -0.4 is 5.73 Å². The van der Waals surface area contributed by atoms with E-state index in [1.54, 1.807) is 0 Å². The standard InChI is InChI=1S/C20H24N6.ClH/c1-15(20-22-23-24-26(20)18-10-6-3-7-11-18)25-13-17(12-21)19(14-25)16-8-4-2-5-9-16;/h2-11,15,17,19H,12-14,21H2,1H3;1H/t15?,17-,19+;/m1./s1. The fourth-order valence-corrected chi connectivity index (χ4v) is 3.91. The van der Waals surface area contributed by atoms with Crippen molar-refractivity contribution in [1.82, 2.24) is 25.1 Å². The molecular formula is C20H25ClN6. The largest absolute Gasteiger partial charge is 0.330 e. The van der Waals surface area contributed by atoms with E-state index in [2.05, 4.69) is 57.7 Å². The monoisotopic (exact) mass is 384 g/mol. The van der Waals surface area contributed by atoms with Crippen LogP contribution in [0.4, 0.5) is 0 Å². The van der Waals surface area contributed by atoms with Crippen molar-refractivity contribution in [3.05, 3.63) is 72.1 Å². The molecule has 1 fully saturated rings. The highest BCUT2D eigenvalue weighted by molar-refractivity contribution is 5.85. The van der Waals surface area contributed by atoms with Gasteiger partial charge in [-0.05, 0) is 47.5 Å². The zero-order valence-corrected chi connectivity index (χ0v) is 16.2. The molecule has 0 bridgehead atoms. The summed E-state index contributed by atoms with van der Waals surface area (Å²) < 4.78 is 1.83. The summed E-state index contributed by atoms with van der Waals surface area (Å²) in [6.07, 6.45) is 0. The fourth-order valence-electron chi connectivity index (χ4n) is 3.91. The van der Waals surface area contributed by atoms with Gasteiger partial charge in [0.2, 0.25) is 0 Å². The molecular weight excluding hydrogens is 360 g/mol. The number of para-hydroxylation sites is 1. The molecule has 1 aliphatic rings. The summed E-state index contributed by atoms with van der Waals surface area (Å²) in [4.78, 5) is 2.44. The minimum absolute atomic E-state index is 0. The molecule has 2 N–H and O–H groups in total. The third-order valence-electron chi connectivity index (χ3n) is 5.42. The number of benzene rings is 2. The van der Waals surface area contributed by atoms with Crippen molar-refractivity contribution in [2.24, 2.45) is 11.7 Å². The molecule has 3 atom stereocenters. The predicted octanol–water partition coefficient (Wildman–Crippen LogP) is 2.82. The van der Waals surface area contributed by atoms with E-state index < -0.39 is 0 Å². The van der Waals surface area contributed by atoms with Crippen LogP contribution in [0.3, 0.4) is 0 Å². The van der Waals surface area contributed by atoms with E-state index in [1.165, 1.54) is 5.56 Å². The van der Waals surface area contributed by atoms with Gasteiger partial charge >= 0.3 is 0 Å². The van der Waals surface area contributed by atoms with E-state index in [0.717, 1.165) is 24.6 Å². The number of rotatable bonds is 5. The second-order valence-corrected chi connectivity index (χ2v) is 6.93. The van der Waals surface area contributed by atoms with Gasteiger partial charge in [-0.15, -0.1) is 17.5 Å². The number of hydrogen-bond donors (Lipinski definition) is 1. The Kier molecular flexibility index (Phi) is 6.21. The Morgan fingerprint density at radius 2 is 1.70 bits per heavy atom. The van der Waals surface area contributed by atoms with Gasteiger partial charge in [0.25, 0.3) is 0 Å². The lowest BCUT2D eigenvalue weighted by Crippen LogP contribution is -2.28. The Bertz CT molecular complexity index is 838. The Morgan fingerprint density at radius 3 is 2.37 bits per heavy atom. The van der Waals surface area contributed by atoms with Crippen molar-refractivity contribution >= 4 is 12.4 Å². The highest BCUT2D eigenvalue weighted by atomic mass is 35.5. The topological polar surface area (TPSA) is 72.9 Å². The zero-order chi connectivity index (χ0) is 17.9. The Balaban J connectivity index is 0.00000210. The summed E-state index contributed by atoms with van der Waals surface area (Å²) in [5.41, 5.74) is 8.43. The second kappa shape index (κ2) is 8.61. The third-order valence-corrected chi connectivity index (χ3v) is 5.42. The fraction of sp³-hybridized carbons (Fsp3) is 0.350. The predicted molar refractivity (Wildman–Crippen MR) is 108 cm³/mol. The average molecular weight is 385 g/mol. The third kappa shape index (κ3) is 3.88. The minimum atomic E-state index is 0. The van der Waals surface area contributed by atoms with Gasteiger partial charge in [0.05, 0.1) is 11.7 Å². The van der Waals surface area contributed by atoms with Gasteiger partial charge in [0, 0.05) is 19.0 Å². The number of nitrogens with zero attached hydrogens (tertiary/aromatic N) is 5. The number of likely N-dealkylation sites (tertiary alicyclic amines) is 1. The first-order valence-electron chi connectivity index (χ1n) is 9.10. The van der Waals surface area contributed by atoms with Crippen molar-refractivity contribution in [1.29, 1.82) is 0 Å². The van der Waals surface area contributed by atoms with Crippen LogP contribution in [-0.2, 0) is 0 Å². The van der Waals surface area contributed by atoms with Crippen molar-refractivity contribution in [3.63, 3.8) is 0 Å². The lowest BCUT2D eigenvalue weighted by molar-refractivity contribution is 0.240. The van der Waals surface area contributed by atoms with Crippen molar-refractivity contribution < 1.29 is 0 Å². The van der Waals surface area contributed by atoms with E-state index in [9.17, 15) is 0 Å². The summed E-state index contributed by atoms with van der Waals surface area (Å²) in [5, 5.41) is 12.4. The smallest absolute Gasteiger partial charge is 0.173 e. The van der Waals surface area contributed by atoms with Crippen LogP contribution in [0.2, 0.25) is 0 Å². The highest BCUT2D eigenvalue weighted by Gasteiger charge is 2.36. The molecule has 0 saturated carbocycles. The van der Waals surface area contributed by atoms with E-state index >= 15 is 0 Å². The Hall–Kier alpha value is -2.28. The number of halogens is 1. The van der Waals surface area contributed by atoms with Crippen LogP contribution in [0.15, 0.2) is 60.7 Å². The summed E-state index contributed by atoms with van der Waals surface area (Å²) in [7, 11) is 0. The molecule has 1 unspecified atom stereocenters. The molecule has 7 heteroatoms. The molecule has 0 aliphatic carbocycles. The molecule has 1 saturated heterocycles. The molecule has 1 aliphatic heterocycles. The molecule has 4 rings (SSSR count). The van der Waals surface area contributed by atoms with E-state index in [4.69, 9.17) is 5.73 Å². The van der Waals surface area contributed by atoms with Crippen LogP contribution in [0.5, 0.6) is 0 Å². The normalized spacial score (nSPS) is 21.0. The van der Waals surface area contributed by atoms with Crippen LogP contribution in [0.25, 0.3) is 5.69 Å². The lowest BCUT2D eigenvalue weighted by Gasteiger charge is -2.23. The van der Waals surface area contributed by atoms with Gasteiger partial charge in [-0.2, -0.15) is 4.68 Å². The Labute approximate surface area is 165 Å². The maximum atomic E-state index is 6.09. The SMILES string of the molecule is CC(c1nnnn1-c1ccccc1)N1C[C@@H](CN)[C@H](c2ccccc2)C1.Cl. The zero-order valence-electron chi connectivity index (χ0n) is 15.3. The van der Waals surface area contributed by atoms with Crippen LogP contribution in [-0.4, -0.2) is 44.7 Å². The number of nitrogens with two attached hydrogens (primary N) is 1. The van der Waals surface area contributed by atoms with Gasteiger partial charge in [0.1, 0.15) is 0 Å². The van der Waals surface area contributed by atoms with Crippen LogP contribution >= 0.6 is 12.4 Å². The molecule has 0 amide bonds. The molecule has 27 heavy (non-hydrogen) atoms.